The second-order valence-electron chi connectivity index (χ2n) is 7.56. The number of hydrogen-bond donors (Lipinski definition) is 2. The average molecular weight is 381 g/mol. The predicted molar refractivity (Wildman–Crippen MR) is 94.8 cm³/mol. The largest absolute Gasteiger partial charge is 0.351 e. The monoisotopic (exact) mass is 381 g/mol. The van der Waals surface area contributed by atoms with E-state index in [1.54, 1.807) is 23.8 Å². The molecule has 0 spiro atoms. The summed E-state index contributed by atoms with van der Waals surface area (Å²) in [5, 5.41) is 17.2. The van der Waals surface area contributed by atoms with Gasteiger partial charge in [0.15, 0.2) is 11.3 Å². The minimum Gasteiger partial charge on any atom is -0.351 e. The lowest BCUT2D eigenvalue weighted by Crippen LogP contribution is -2.36. The van der Waals surface area contributed by atoms with E-state index < -0.39 is 0 Å². The molecule has 5 rings (SSSR count). The minimum atomic E-state index is -0.374. The van der Waals surface area contributed by atoms with E-state index in [1.165, 1.54) is 6.42 Å². The lowest BCUT2D eigenvalue weighted by Gasteiger charge is -2.24. The zero-order valence-electron chi connectivity index (χ0n) is 15.3. The molecule has 144 valence electrons. The summed E-state index contributed by atoms with van der Waals surface area (Å²) in [6, 6.07) is 1.88. The van der Waals surface area contributed by atoms with Crippen LogP contribution in [0.3, 0.4) is 0 Å². The number of nitrogens with one attached hydrogen (secondary N) is 2. The number of nitrogens with zero attached hydrogens (tertiary/aromatic N) is 5. The van der Waals surface area contributed by atoms with Crippen LogP contribution in [0.2, 0.25) is 0 Å². The van der Waals surface area contributed by atoms with Crippen molar-refractivity contribution in [1.82, 2.24) is 35.5 Å². The Kier molecular flexibility index (Phi) is 3.68. The standard InChI is InChI=1S/C18H19N7O3/c1-10-15(24-28-23-10)16(26)19-8-13-9-25-14(22-13)4-11(7-21-25)6-20-17(27)18-3-2-12(18)5-18/h4,7,9,12H,2-3,5-6,8H2,1H3,(H,19,26)(H,20,27)/t12?,18-/m1/s1. The van der Waals surface area contributed by atoms with Crippen LogP contribution in [-0.2, 0) is 17.9 Å². The van der Waals surface area contributed by atoms with Gasteiger partial charge in [0, 0.05) is 6.54 Å². The van der Waals surface area contributed by atoms with Gasteiger partial charge in [-0.15, -0.1) is 0 Å². The van der Waals surface area contributed by atoms with Crippen molar-refractivity contribution < 1.29 is 14.2 Å². The van der Waals surface area contributed by atoms with Crippen LogP contribution in [0.1, 0.15) is 46.7 Å². The number of carbonyl (C=O) groups excluding carboxylic acids is 2. The molecule has 2 aliphatic carbocycles. The predicted octanol–water partition coefficient (Wildman–Crippen LogP) is 0.767. The Bertz CT molecular complexity index is 1080. The highest BCUT2D eigenvalue weighted by molar-refractivity contribution is 5.92. The van der Waals surface area contributed by atoms with Crippen molar-refractivity contribution >= 4 is 17.5 Å². The fourth-order valence-electron chi connectivity index (χ4n) is 3.87. The first-order chi connectivity index (χ1) is 13.5. The number of aromatic nitrogens is 5. The Morgan fingerprint density at radius 2 is 2.21 bits per heavy atom. The summed E-state index contributed by atoms with van der Waals surface area (Å²) in [6.07, 6.45) is 6.69. The van der Waals surface area contributed by atoms with E-state index in [4.69, 9.17) is 0 Å². The van der Waals surface area contributed by atoms with Crippen LogP contribution in [0.5, 0.6) is 0 Å². The summed E-state index contributed by atoms with van der Waals surface area (Å²) in [5.74, 6) is 0.393. The van der Waals surface area contributed by atoms with Gasteiger partial charge in [0.05, 0.1) is 30.0 Å². The molecular formula is C18H19N7O3. The van der Waals surface area contributed by atoms with Crippen LogP contribution in [-0.4, -0.2) is 36.7 Å². The quantitative estimate of drug-likeness (QED) is 0.645. The van der Waals surface area contributed by atoms with Crippen LogP contribution < -0.4 is 10.6 Å². The highest BCUT2D eigenvalue weighted by Gasteiger charge is 2.65. The maximum atomic E-state index is 12.3. The number of aryl methyl sites for hydroxylation is 1. The molecule has 1 unspecified atom stereocenters. The summed E-state index contributed by atoms with van der Waals surface area (Å²) < 4.78 is 6.17. The van der Waals surface area contributed by atoms with Crippen molar-refractivity contribution in [2.24, 2.45) is 11.3 Å². The SMILES string of the molecule is Cc1nonc1C(=O)NCc1cn2ncc(CNC(=O)[C@@]34CCC3C4)cc2n1. The Balaban J connectivity index is 1.22. The molecule has 3 aromatic rings. The molecule has 2 atom stereocenters. The second-order valence-corrected chi connectivity index (χ2v) is 7.56. The number of carbonyl (C=O) groups is 2. The van der Waals surface area contributed by atoms with Gasteiger partial charge in [-0.2, -0.15) is 5.10 Å². The lowest BCUT2D eigenvalue weighted by molar-refractivity contribution is -0.129. The van der Waals surface area contributed by atoms with Crippen LogP contribution in [0.15, 0.2) is 23.1 Å². The smallest absolute Gasteiger partial charge is 0.275 e. The van der Waals surface area contributed by atoms with E-state index in [-0.39, 0.29) is 29.5 Å². The van der Waals surface area contributed by atoms with Crippen molar-refractivity contribution in [3.8, 4) is 0 Å². The molecule has 10 nitrogen and oxygen atoms in total. The number of amides is 2. The van der Waals surface area contributed by atoms with Gasteiger partial charge in [-0.1, -0.05) is 5.16 Å². The zero-order chi connectivity index (χ0) is 19.3. The van der Waals surface area contributed by atoms with E-state index in [0.717, 1.165) is 18.4 Å². The van der Waals surface area contributed by atoms with E-state index in [9.17, 15) is 9.59 Å². The third kappa shape index (κ3) is 2.72. The zero-order valence-corrected chi connectivity index (χ0v) is 15.3. The molecule has 28 heavy (non-hydrogen) atoms. The van der Waals surface area contributed by atoms with Gasteiger partial charge >= 0.3 is 0 Å². The van der Waals surface area contributed by atoms with Gasteiger partial charge in [0.1, 0.15) is 5.69 Å². The second kappa shape index (κ2) is 6.11. The van der Waals surface area contributed by atoms with Crippen LogP contribution in [0, 0.1) is 18.3 Å². The first-order valence-corrected chi connectivity index (χ1v) is 9.24. The Hall–Kier alpha value is -3.30. The molecule has 0 bridgehead atoms. The van der Waals surface area contributed by atoms with Crippen molar-refractivity contribution in [2.45, 2.75) is 39.3 Å². The number of hydrogen-bond acceptors (Lipinski definition) is 7. The number of fused-ring (bicyclic) bond motifs is 2. The fraction of sp³-hybridized carbons (Fsp3) is 0.444. The van der Waals surface area contributed by atoms with E-state index in [1.807, 2.05) is 6.07 Å². The lowest BCUT2D eigenvalue weighted by atomic mass is 9.84. The Labute approximate surface area is 159 Å². The maximum absolute atomic E-state index is 12.3. The first kappa shape index (κ1) is 16.8. The summed E-state index contributed by atoms with van der Waals surface area (Å²) in [7, 11) is 0. The summed E-state index contributed by atoms with van der Waals surface area (Å²) >= 11 is 0. The van der Waals surface area contributed by atoms with Gasteiger partial charge in [-0.3, -0.25) is 9.59 Å². The van der Waals surface area contributed by atoms with Crippen molar-refractivity contribution in [2.75, 3.05) is 0 Å². The highest BCUT2D eigenvalue weighted by atomic mass is 16.6. The molecule has 0 radical (unpaired) electrons. The molecule has 10 heteroatoms. The van der Waals surface area contributed by atoms with Gasteiger partial charge in [-0.25, -0.2) is 14.1 Å². The van der Waals surface area contributed by atoms with E-state index >= 15 is 0 Å². The summed E-state index contributed by atoms with van der Waals surface area (Å²) in [5.41, 5.74) is 2.73. The molecule has 0 aromatic carbocycles. The first-order valence-electron chi connectivity index (χ1n) is 9.24. The molecule has 3 aromatic heterocycles. The van der Waals surface area contributed by atoms with Crippen LogP contribution >= 0.6 is 0 Å². The molecule has 2 saturated carbocycles. The van der Waals surface area contributed by atoms with Crippen molar-refractivity contribution in [1.29, 1.82) is 0 Å². The molecule has 2 N–H and O–H groups in total. The van der Waals surface area contributed by atoms with Gasteiger partial charge in [0.25, 0.3) is 5.91 Å². The topological polar surface area (TPSA) is 127 Å². The molecule has 0 saturated heterocycles. The minimum absolute atomic E-state index is 0.0616. The fourth-order valence-corrected chi connectivity index (χ4v) is 3.87. The molecular weight excluding hydrogens is 362 g/mol. The number of rotatable bonds is 6. The molecule has 2 amide bonds. The van der Waals surface area contributed by atoms with E-state index in [2.05, 4.69) is 35.7 Å². The molecule has 3 heterocycles. The van der Waals surface area contributed by atoms with Crippen LogP contribution in [0.25, 0.3) is 5.65 Å². The molecule has 2 aliphatic rings. The summed E-state index contributed by atoms with van der Waals surface area (Å²) in [6.45, 7) is 2.31. The maximum Gasteiger partial charge on any atom is 0.275 e. The molecule has 0 aliphatic heterocycles. The third-order valence-electron chi connectivity index (χ3n) is 5.80. The Morgan fingerprint density at radius 3 is 2.89 bits per heavy atom. The van der Waals surface area contributed by atoms with Crippen LogP contribution in [0.4, 0.5) is 0 Å². The number of imidazole rings is 1. The van der Waals surface area contributed by atoms with Crippen molar-refractivity contribution in [3.05, 3.63) is 41.1 Å². The van der Waals surface area contributed by atoms with Gasteiger partial charge < -0.3 is 10.6 Å². The normalized spacial score (nSPS) is 22.4. The molecule has 2 fully saturated rings. The highest BCUT2D eigenvalue weighted by Crippen LogP contribution is 2.67. The summed E-state index contributed by atoms with van der Waals surface area (Å²) in [4.78, 5) is 28.8. The Morgan fingerprint density at radius 1 is 1.32 bits per heavy atom. The third-order valence-corrected chi connectivity index (χ3v) is 5.80. The van der Waals surface area contributed by atoms with Crippen molar-refractivity contribution in [3.63, 3.8) is 0 Å². The van der Waals surface area contributed by atoms with Gasteiger partial charge in [0.2, 0.25) is 5.91 Å². The van der Waals surface area contributed by atoms with Gasteiger partial charge in [-0.05, 0) is 48.9 Å². The average Bonchev–Trinajstić information content (AvgIpc) is 3.03. The van der Waals surface area contributed by atoms with E-state index in [0.29, 0.717) is 29.5 Å².